The third-order valence-corrected chi connectivity index (χ3v) is 4.88. The lowest BCUT2D eigenvalue weighted by Crippen LogP contribution is -2.37. The second-order valence-corrected chi connectivity index (χ2v) is 6.70. The summed E-state index contributed by atoms with van der Waals surface area (Å²) >= 11 is 0. The molecule has 2 saturated heterocycles. The van der Waals surface area contributed by atoms with E-state index in [1.165, 1.54) is 50.6 Å². The summed E-state index contributed by atoms with van der Waals surface area (Å²) in [6.45, 7) is 4.93. The van der Waals surface area contributed by atoms with Crippen LogP contribution in [0.1, 0.15) is 31.2 Å². The summed E-state index contributed by atoms with van der Waals surface area (Å²) in [5.41, 5.74) is 0.398. The van der Waals surface area contributed by atoms with Gasteiger partial charge in [-0.3, -0.25) is 0 Å². The minimum absolute atomic E-state index is 0.0582. The average Bonchev–Trinajstić information content (AvgIpc) is 3.06. The largest absolute Gasteiger partial charge is 0.324 e. The van der Waals surface area contributed by atoms with Gasteiger partial charge >= 0.3 is 6.03 Å². The molecule has 1 aromatic carbocycles. The Hall–Kier alpha value is -2.13. The summed E-state index contributed by atoms with van der Waals surface area (Å²) < 4.78 is 13.3. The van der Waals surface area contributed by atoms with Crippen molar-refractivity contribution in [3.8, 4) is 6.07 Å². The molecule has 2 heterocycles. The molecule has 2 fully saturated rings. The monoisotopic (exact) mass is 330 g/mol. The maximum Gasteiger partial charge on any atom is 0.321 e. The van der Waals surface area contributed by atoms with Crippen molar-refractivity contribution >= 4 is 11.7 Å². The molecule has 3 rings (SSSR count). The highest BCUT2D eigenvalue weighted by Crippen LogP contribution is 2.21. The van der Waals surface area contributed by atoms with Crippen LogP contribution in [-0.2, 0) is 0 Å². The molecule has 1 unspecified atom stereocenters. The predicted octanol–water partition coefficient (Wildman–Crippen LogP) is 3.04. The normalized spacial score (nSPS) is 21.5. The van der Waals surface area contributed by atoms with Gasteiger partial charge in [-0.25, -0.2) is 9.18 Å². The summed E-state index contributed by atoms with van der Waals surface area (Å²) in [4.78, 5) is 16.7. The molecule has 2 aliphatic rings. The van der Waals surface area contributed by atoms with Gasteiger partial charge in [0, 0.05) is 25.3 Å². The Labute approximate surface area is 142 Å². The zero-order chi connectivity index (χ0) is 16.9. The molecule has 1 aromatic rings. The number of piperidine rings is 1. The Morgan fingerprint density at radius 1 is 1.29 bits per heavy atom. The van der Waals surface area contributed by atoms with Crippen LogP contribution >= 0.6 is 0 Å². The molecule has 0 saturated carbocycles. The van der Waals surface area contributed by atoms with Crippen LogP contribution in [-0.4, -0.2) is 48.6 Å². The van der Waals surface area contributed by atoms with Crippen molar-refractivity contribution in [1.29, 1.82) is 5.26 Å². The number of hydrogen-bond acceptors (Lipinski definition) is 3. The summed E-state index contributed by atoms with van der Waals surface area (Å²) in [7, 11) is 0. The van der Waals surface area contributed by atoms with Crippen LogP contribution in [0.2, 0.25) is 0 Å². The number of halogens is 1. The second kappa shape index (κ2) is 7.63. The number of benzene rings is 1. The molecule has 2 aliphatic heterocycles. The molecule has 0 radical (unpaired) electrons. The minimum Gasteiger partial charge on any atom is -0.324 e. The Kier molecular flexibility index (Phi) is 5.31. The highest BCUT2D eigenvalue weighted by molar-refractivity contribution is 5.89. The molecular weight excluding hydrogens is 307 g/mol. The van der Waals surface area contributed by atoms with Crippen molar-refractivity contribution < 1.29 is 9.18 Å². The van der Waals surface area contributed by atoms with Crippen LogP contribution in [0.25, 0.3) is 0 Å². The third kappa shape index (κ3) is 4.04. The smallest absolute Gasteiger partial charge is 0.321 e. The lowest BCUT2D eigenvalue weighted by Gasteiger charge is -2.29. The first-order chi connectivity index (χ1) is 11.7. The van der Waals surface area contributed by atoms with E-state index in [-0.39, 0.29) is 11.6 Å². The number of anilines is 1. The van der Waals surface area contributed by atoms with Gasteiger partial charge in [0.2, 0.25) is 0 Å². The second-order valence-electron chi connectivity index (χ2n) is 6.70. The molecular formula is C18H23FN4O. The predicted molar refractivity (Wildman–Crippen MR) is 90.1 cm³/mol. The zero-order valence-electron chi connectivity index (χ0n) is 13.8. The first kappa shape index (κ1) is 16.7. The Bertz CT molecular complexity index is 636. The summed E-state index contributed by atoms with van der Waals surface area (Å²) in [6, 6.07) is 5.67. The standard InChI is InChI=1S/C18H23FN4O/c19-17-5-4-16(10-15(17)11-20)21-18(24)23-9-6-14(13-23)12-22-7-2-1-3-8-22/h4-5,10,14H,1-3,6-9,12-13H2,(H,21,24). The highest BCUT2D eigenvalue weighted by atomic mass is 19.1. The number of hydrogen-bond donors (Lipinski definition) is 1. The lowest BCUT2D eigenvalue weighted by molar-refractivity contribution is 0.192. The van der Waals surface area contributed by atoms with Crippen LogP contribution in [0.5, 0.6) is 0 Å². The van der Waals surface area contributed by atoms with Crippen LogP contribution in [0.15, 0.2) is 18.2 Å². The van der Waals surface area contributed by atoms with Gasteiger partial charge in [0.15, 0.2) is 0 Å². The highest BCUT2D eigenvalue weighted by Gasteiger charge is 2.28. The topological polar surface area (TPSA) is 59.4 Å². The van der Waals surface area contributed by atoms with Gasteiger partial charge in [0.1, 0.15) is 11.9 Å². The van der Waals surface area contributed by atoms with E-state index >= 15 is 0 Å². The molecule has 1 N–H and O–H groups in total. The van der Waals surface area contributed by atoms with Crippen molar-refractivity contribution in [3.05, 3.63) is 29.6 Å². The van der Waals surface area contributed by atoms with Crippen molar-refractivity contribution in [3.63, 3.8) is 0 Å². The van der Waals surface area contributed by atoms with E-state index in [2.05, 4.69) is 10.2 Å². The first-order valence-corrected chi connectivity index (χ1v) is 8.63. The maximum atomic E-state index is 13.3. The number of nitrogens with zero attached hydrogens (tertiary/aromatic N) is 3. The molecule has 0 aliphatic carbocycles. The molecule has 6 heteroatoms. The fourth-order valence-electron chi connectivity index (χ4n) is 3.56. The fraction of sp³-hybridized carbons (Fsp3) is 0.556. The van der Waals surface area contributed by atoms with E-state index in [0.29, 0.717) is 11.6 Å². The number of nitriles is 1. The average molecular weight is 330 g/mol. The number of rotatable bonds is 3. The third-order valence-electron chi connectivity index (χ3n) is 4.88. The van der Waals surface area contributed by atoms with E-state index in [0.717, 1.165) is 26.1 Å². The fourth-order valence-corrected chi connectivity index (χ4v) is 3.56. The quantitative estimate of drug-likeness (QED) is 0.927. The molecule has 0 bridgehead atoms. The first-order valence-electron chi connectivity index (χ1n) is 8.63. The van der Waals surface area contributed by atoms with E-state index < -0.39 is 5.82 Å². The number of urea groups is 1. The summed E-state index contributed by atoms with van der Waals surface area (Å²) in [5, 5.41) is 11.6. The van der Waals surface area contributed by atoms with Gasteiger partial charge in [-0.15, -0.1) is 0 Å². The molecule has 2 amide bonds. The summed E-state index contributed by atoms with van der Waals surface area (Å²) in [6.07, 6.45) is 4.92. The number of likely N-dealkylation sites (tertiary alicyclic amines) is 2. The molecule has 128 valence electrons. The SMILES string of the molecule is N#Cc1cc(NC(=O)N2CCC(CN3CCCCC3)C2)ccc1F. The molecule has 0 spiro atoms. The van der Waals surface area contributed by atoms with Gasteiger partial charge < -0.3 is 15.1 Å². The van der Waals surface area contributed by atoms with Crippen LogP contribution < -0.4 is 5.32 Å². The number of carbonyl (C=O) groups is 1. The van der Waals surface area contributed by atoms with Crippen LogP contribution in [0.4, 0.5) is 14.9 Å². The minimum atomic E-state index is -0.571. The van der Waals surface area contributed by atoms with Crippen LogP contribution in [0, 0.1) is 23.1 Å². The number of carbonyl (C=O) groups excluding carboxylic acids is 1. The molecule has 24 heavy (non-hydrogen) atoms. The number of nitrogens with one attached hydrogen (secondary N) is 1. The zero-order valence-corrected chi connectivity index (χ0v) is 13.8. The molecule has 0 aromatic heterocycles. The molecule has 1 atom stereocenters. The van der Waals surface area contributed by atoms with E-state index in [1.54, 1.807) is 6.07 Å². The van der Waals surface area contributed by atoms with Crippen molar-refractivity contribution in [2.75, 3.05) is 38.0 Å². The van der Waals surface area contributed by atoms with E-state index in [4.69, 9.17) is 5.26 Å². The van der Waals surface area contributed by atoms with Gasteiger partial charge in [-0.2, -0.15) is 5.26 Å². The van der Waals surface area contributed by atoms with Gasteiger partial charge in [-0.1, -0.05) is 6.42 Å². The summed E-state index contributed by atoms with van der Waals surface area (Å²) in [5.74, 6) is -0.0463. The maximum absolute atomic E-state index is 13.3. The Morgan fingerprint density at radius 3 is 2.83 bits per heavy atom. The van der Waals surface area contributed by atoms with Gasteiger partial charge in [-0.05, 0) is 56.5 Å². The Morgan fingerprint density at radius 2 is 2.08 bits per heavy atom. The van der Waals surface area contributed by atoms with Crippen molar-refractivity contribution in [1.82, 2.24) is 9.80 Å². The number of amides is 2. The van der Waals surface area contributed by atoms with E-state index in [9.17, 15) is 9.18 Å². The van der Waals surface area contributed by atoms with Gasteiger partial charge in [0.25, 0.3) is 0 Å². The van der Waals surface area contributed by atoms with E-state index in [1.807, 2.05) is 4.90 Å². The molecule has 5 nitrogen and oxygen atoms in total. The lowest BCUT2D eigenvalue weighted by atomic mass is 10.1. The van der Waals surface area contributed by atoms with Crippen LogP contribution in [0.3, 0.4) is 0 Å². The van der Waals surface area contributed by atoms with Crippen molar-refractivity contribution in [2.24, 2.45) is 5.92 Å². The Balaban J connectivity index is 1.52. The van der Waals surface area contributed by atoms with Crippen molar-refractivity contribution in [2.45, 2.75) is 25.7 Å². The van der Waals surface area contributed by atoms with Gasteiger partial charge in [0.05, 0.1) is 5.56 Å².